The maximum absolute atomic E-state index is 13.2. The molecule has 6 nitrogen and oxygen atoms in total. The average molecular weight is 366 g/mol. The number of aromatic hydroxyl groups is 1. The molecule has 1 aromatic heterocycles. The van der Waals surface area contributed by atoms with Crippen molar-refractivity contribution in [3.8, 4) is 17.7 Å². The maximum atomic E-state index is 13.2. The number of hydrogen-bond donors (Lipinski definition) is 1. The molecule has 0 radical (unpaired) electrons. The highest BCUT2D eigenvalue weighted by Crippen LogP contribution is 2.34. The first-order valence-corrected chi connectivity index (χ1v) is 9.15. The Labute approximate surface area is 157 Å². The Morgan fingerprint density at radius 1 is 1.37 bits per heavy atom. The number of pyridine rings is 1. The largest absolute Gasteiger partial charge is 0.494 e. The van der Waals surface area contributed by atoms with Crippen LogP contribution in [-0.4, -0.2) is 22.1 Å². The SMILES string of the molecule is CCOc1cccc(C(=O)c2c(C)c(C#N)c(=O)n(C3CCCC3)c2O)c1. The Balaban J connectivity index is 2.19. The molecule has 1 fully saturated rings. The van der Waals surface area contributed by atoms with Gasteiger partial charge in [0.1, 0.15) is 17.4 Å². The van der Waals surface area contributed by atoms with Crippen LogP contribution in [0.2, 0.25) is 0 Å². The Morgan fingerprint density at radius 3 is 2.70 bits per heavy atom. The molecule has 3 rings (SSSR count). The number of hydrogen-bond acceptors (Lipinski definition) is 5. The van der Waals surface area contributed by atoms with Gasteiger partial charge in [0, 0.05) is 11.6 Å². The second kappa shape index (κ2) is 7.67. The van der Waals surface area contributed by atoms with Gasteiger partial charge < -0.3 is 9.84 Å². The van der Waals surface area contributed by atoms with Crippen LogP contribution >= 0.6 is 0 Å². The fourth-order valence-corrected chi connectivity index (χ4v) is 3.73. The van der Waals surface area contributed by atoms with Gasteiger partial charge in [0.15, 0.2) is 5.78 Å². The quantitative estimate of drug-likeness (QED) is 0.818. The summed E-state index contributed by atoms with van der Waals surface area (Å²) < 4.78 is 6.67. The highest BCUT2D eigenvalue weighted by molar-refractivity contribution is 6.11. The molecule has 6 heteroatoms. The van der Waals surface area contributed by atoms with Crippen molar-refractivity contribution in [2.75, 3.05) is 6.61 Å². The summed E-state index contributed by atoms with van der Waals surface area (Å²) in [5.74, 6) is -0.241. The zero-order chi connectivity index (χ0) is 19.6. The Morgan fingerprint density at radius 2 is 2.07 bits per heavy atom. The highest BCUT2D eigenvalue weighted by Gasteiger charge is 2.29. The van der Waals surface area contributed by atoms with Crippen LogP contribution < -0.4 is 10.3 Å². The topological polar surface area (TPSA) is 92.3 Å². The molecule has 2 aromatic rings. The number of ether oxygens (including phenoxy) is 1. The Bertz CT molecular complexity index is 979. The van der Waals surface area contributed by atoms with Gasteiger partial charge in [-0.2, -0.15) is 5.26 Å². The molecule has 0 atom stereocenters. The number of carbonyl (C=O) groups excluding carboxylic acids is 1. The van der Waals surface area contributed by atoms with E-state index in [4.69, 9.17) is 4.74 Å². The zero-order valence-electron chi connectivity index (χ0n) is 15.5. The summed E-state index contributed by atoms with van der Waals surface area (Å²) in [4.78, 5) is 25.9. The highest BCUT2D eigenvalue weighted by atomic mass is 16.5. The lowest BCUT2D eigenvalue weighted by Crippen LogP contribution is -2.29. The van der Waals surface area contributed by atoms with E-state index in [0.717, 1.165) is 25.7 Å². The van der Waals surface area contributed by atoms with Crippen LogP contribution in [0.25, 0.3) is 0 Å². The van der Waals surface area contributed by atoms with E-state index in [1.165, 1.54) is 11.5 Å². The van der Waals surface area contributed by atoms with Gasteiger partial charge in [0.25, 0.3) is 5.56 Å². The third-order valence-electron chi connectivity index (χ3n) is 5.07. The van der Waals surface area contributed by atoms with Gasteiger partial charge >= 0.3 is 0 Å². The molecule has 140 valence electrons. The molecular formula is C21H22N2O4. The minimum atomic E-state index is -0.529. The fraction of sp³-hybridized carbons (Fsp3) is 0.381. The fourth-order valence-electron chi connectivity index (χ4n) is 3.73. The van der Waals surface area contributed by atoms with Gasteiger partial charge in [0.2, 0.25) is 5.88 Å². The third-order valence-corrected chi connectivity index (χ3v) is 5.07. The lowest BCUT2D eigenvalue weighted by molar-refractivity contribution is 0.103. The number of benzene rings is 1. The van der Waals surface area contributed by atoms with Crippen LogP contribution in [0.5, 0.6) is 11.6 Å². The standard InChI is InChI=1S/C21H22N2O4/c1-3-27-16-10-6-7-14(11-16)19(24)18-13(2)17(12-22)20(25)23(21(18)26)15-8-4-5-9-15/h6-7,10-11,15,26H,3-5,8-9H2,1-2H3. The van der Waals surface area contributed by atoms with Crippen LogP contribution in [0.4, 0.5) is 0 Å². The molecule has 0 amide bonds. The van der Waals surface area contributed by atoms with Crippen LogP contribution in [0.3, 0.4) is 0 Å². The van der Waals surface area contributed by atoms with E-state index >= 15 is 0 Å². The van der Waals surface area contributed by atoms with E-state index in [2.05, 4.69) is 0 Å². The predicted octanol–water partition coefficient (Wildman–Crippen LogP) is 3.48. The predicted molar refractivity (Wildman–Crippen MR) is 100 cm³/mol. The van der Waals surface area contributed by atoms with Crippen molar-refractivity contribution >= 4 is 5.78 Å². The van der Waals surface area contributed by atoms with E-state index in [1.807, 2.05) is 13.0 Å². The first-order valence-electron chi connectivity index (χ1n) is 9.15. The summed E-state index contributed by atoms with van der Waals surface area (Å²) in [7, 11) is 0. The second-order valence-electron chi connectivity index (χ2n) is 6.71. The molecule has 27 heavy (non-hydrogen) atoms. The molecule has 0 spiro atoms. The van der Waals surface area contributed by atoms with Crippen molar-refractivity contribution in [2.24, 2.45) is 0 Å². The van der Waals surface area contributed by atoms with E-state index in [1.54, 1.807) is 24.3 Å². The lowest BCUT2D eigenvalue weighted by Gasteiger charge is -2.20. The summed E-state index contributed by atoms with van der Waals surface area (Å²) in [6.45, 7) is 3.84. The minimum absolute atomic E-state index is 0.00620. The normalized spacial score (nSPS) is 14.1. The average Bonchev–Trinajstić information content (AvgIpc) is 3.16. The lowest BCUT2D eigenvalue weighted by atomic mass is 9.96. The monoisotopic (exact) mass is 366 g/mol. The summed E-state index contributed by atoms with van der Waals surface area (Å²) in [5.41, 5.74) is -0.0735. The van der Waals surface area contributed by atoms with E-state index in [-0.39, 0.29) is 28.6 Å². The van der Waals surface area contributed by atoms with Gasteiger partial charge in [-0.25, -0.2) is 0 Å². The van der Waals surface area contributed by atoms with Crippen LogP contribution in [0.1, 0.15) is 65.7 Å². The molecule has 1 heterocycles. The minimum Gasteiger partial charge on any atom is -0.494 e. The van der Waals surface area contributed by atoms with Crippen LogP contribution in [0, 0.1) is 18.3 Å². The van der Waals surface area contributed by atoms with Gasteiger partial charge in [-0.05, 0) is 44.4 Å². The number of rotatable bonds is 5. The summed E-state index contributed by atoms with van der Waals surface area (Å²) >= 11 is 0. The van der Waals surface area contributed by atoms with Crippen molar-refractivity contribution in [1.29, 1.82) is 5.26 Å². The molecule has 0 saturated heterocycles. The number of nitriles is 1. The summed E-state index contributed by atoms with van der Waals surface area (Å²) in [6.07, 6.45) is 3.39. The molecule has 0 unspecified atom stereocenters. The number of ketones is 1. The van der Waals surface area contributed by atoms with E-state index < -0.39 is 11.3 Å². The van der Waals surface area contributed by atoms with Gasteiger partial charge in [-0.1, -0.05) is 25.0 Å². The van der Waals surface area contributed by atoms with Crippen molar-refractivity contribution < 1.29 is 14.6 Å². The molecule has 1 saturated carbocycles. The van der Waals surface area contributed by atoms with E-state index in [0.29, 0.717) is 17.9 Å². The first-order chi connectivity index (χ1) is 13.0. The molecule has 0 bridgehead atoms. The summed E-state index contributed by atoms with van der Waals surface area (Å²) in [6, 6.07) is 8.39. The Hall–Kier alpha value is -3.07. The molecule has 1 aromatic carbocycles. The van der Waals surface area contributed by atoms with Gasteiger partial charge in [-0.3, -0.25) is 14.2 Å². The maximum Gasteiger partial charge on any atom is 0.271 e. The number of aromatic nitrogens is 1. The van der Waals surface area contributed by atoms with Crippen LogP contribution in [0.15, 0.2) is 29.1 Å². The van der Waals surface area contributed by atoms with Crippen molar-refractivity contribution in [3.05, 3.63) is 56.9 Å². The third kappa shape index (κ3) is 3.33. The number of nitrogens with zero attached hydrogens (tertiary/aromatic N) is 2. The van der Waals surface area contributed by atoms with Gasteiger partial charge in [0.05, 0.1) is 12.2 Å². The number of carbonyl (C=O) groups is 1. The molecule has 1 N–H and O–H groups in total. The Kier molecular flexibility index (Phi) is 5.31. The smallest absolute Gasteiger partial charge is 0.271 e. The second-order valence-corrected chi connectivity index (χ2v) is 6.71. The van der Waals surface area contributed by atoms with Crippen molar-refractivity contribution in [1.82, 2.24) is 4.57 Å². The van der Waals surface area contributed by atoms with Crippen molar-refractivity contribution in [3.63, 3.8) is 0 Å². The van der Waals surface area contributed by atoms with Gasteiger partial charge in [-0.15, -0.1) is 0 Å². The molecule has 1 aliphatic rings. The molecule has 0 aliphatic heterocycles. The van der Waals surface area contributed by atoms with E-state index in [9.17, 15) is 20.0 Å². The van der Waals surface area contributed by atoms with Crippen molar-refractivity contribution in [2.45, 2.75) is 45.6 Å². The summed E-state index contributed by atoms with van der Waals surface area (Å²) in [5, 5.41) is 20.3. The zero-order valence-corrected chi connectivity index (χ0v) is 15.5. The van der Waals surface area contributed by atoms with Crippen LogP contribution in [-0.2, 0) is 0 Å². The first kappa shape index (κ1) is 18.7. The molecule has 1 aliphatic carbocycles. The molecular weight excluding hydrogens is 344 g/mol.